The quantitative estimate of drug-likeness (QED) is 0.283. The highest BCUT2D eigenvalue weighted by atomic mass is 16.8. The van der Waals surface area contributed by atoms with E-state index in [2.05, 4.69) is 16.1 Å². The first-order chi connectivity index (χ1) is 9.32. The van der Waals surface area contributed by atoms with E-state index in [9.17, 15) is 9.90 Å². The molecule has 0 rings (SSSR count). The number of aliphatic carboxylic acids is 1. The summed E-state index contributed by atoms with van der Waals surface area (Å²) in [7, 11) is 2.63. The summed E-state index contributed by atoms with van der Waals surface area (Å²) in [5, 5.41) is 25.7. The van der Waals surface area contributed by atoms with Crippen LogP contribution in [0.15, 0.2) is 12.2 Å². The minimum atomic E-state index is -1.70. The SMILES string of the molecule is C=C(C)C(=O)O.COC(O)(COCCOCCO)OC. The van der Waals surface area contributed by atoms with E-state index in [0.717, 1.165) is 0 Å². The van der Waals surface area contributed by atoms with Gasteiger partial charge in [-0.25, -0.2) is 4.79 Å². The summed E-state index contributed by atoms with van der Waals surface area (Å²) in [5.74, 6) is -2.63. The molecule has 0 aliphatic carbocycles. The van der Waals surface area contributed by atoms with Crippen molar-refractivity contribution < 1.29 is 39.1 Å². The van der Waals surface area contributed by atoms with Gasteiger partial charge in [0.05, 0.1) is 26.4 Å². The van der Waals surface area contributed by atoms with E-state index in [1.807, 2.05) is 0 Å². The smallest absolute Gasteiger partial charge is 0.330 e. The van der Waals surface area contributed by atoms with Crippen LogP contribution in [0.4, 0.5) is 0 Å². The number of hydrogen-bond donors (Lipinski definition) is 3. The van der Waals surface area contributed by atoms with Gasteiger partial charge in [-0.05, 0) is 6.92 Å². The van der Waals surface area contributed by atoms with Gasteiger partial charge in [0.15, 0.2) is 0 Å². The molecule has 8 nitrogen and oxygen atoms in total. The molecule has 0 saturated carbocycles. The van der Waals surface area contributed by atoms with Crippen LogP contribution in [0.5, 0.6) is 0 Å². The number of carboxylic acids is 1. The van der Waals surface area contributed by atoms with Crippen molar-refractivity contribution in [2.24, 2.45) is 0 Å². The molecule has 120 valence electrons. The van der Waals surface area contributed by atoms with Gasteiger partial charge in [-0.1, -0.05) is 6.58 Å². The lowest BCUT2D eigenvalue weighted by molar-refractivity contribution is -0.357. The number of rotatable bonds is 10. The predicted octanol–water partition coefficient (Wildman–Crippen LogP) is -0.402. The molecule has 0 aromatic carbocycles. The van der Waals surface area contributed by atoms with Crippen molar-refractivity contribution in [3.63, 3.8) is 0 Å². The standard InChI is InChI=1S/C8H18O6.C4H6O2/c1-11-8(10,12-2)7-14-6-5-13-4-3-9;1-3(2)4(5)6/h9-10H,3-7H2,1-2H3;1H2,2H3,(H,5,6). The largest absolute Gasteiger partial charge is 0.478 e. The summed E-state index contributed by atoms with van der Waals surface area (Å²) in [6.07, 6.45) is 0. The zero-order valence-corrected chi connectivity index (χ0v) is 12.1. The maximum atomic E-state index is 9.60. The average Bonchev–Trinajstić information content (AvgIpc) is 2.43. The second kappa shape index (κ2) is 13.0. The number of ether oxygens (including phenoxy) is 4. The molecule has 0 unspecified atom stereocenters. The van der Waals surface area contributed by atoms with E-state index in [1.54, 1.807) is 0 Å². The first-order valence-corrected chi connectivity index (χ1v) is 5.80. The van der Waals surface area contributed by atoms with Crippen molar-refractivity contribution in [1.82, 2.24) is 0 Å². The van der Waals surface area contributed by atoms with Crippen LogP contribution in [-0.2, 0) is 23.7 Å². The molecule has 0 saturated heterocycles. The minimum Gasteiger partial charge on any atom is -0.478 e. The van der Waals surface area contributed by atoms with Crippen molar-refractivity contribution in [2.45, 2.75) is 12.9 Å². The third kappa shape index (κ3) is 13.4. The molecule has 0 aliphatic rings. The van der Waals surface area contributed by atoms with Crippen molar-refractivity contribution in [1.29, 1.82) is 0 Å². The topological polar surface area (TPSA) is 115 Å². The zero-order valence-electron chi connectivity index (χ0n) is 12.1. The van der Waals surface area contributed by atoms with Crippen LogP contribution >= 0.6 is 0 Å². The van der Waals surface area contributed by atoms with Crippen LogP contribution in [-0.4, -0.2) is 74.5 Å². The zero-order chi connectivity index (χ0) is 16.0. The van der Waals surface area contributed by atoms with Crippen LogP contribution in [0.2, 0.25) is 0 Å². The fraction of sp³-hybridized carbons (Fsp3) is 0.750. The molecule has 0 heterocycles. The molecule has 20 heavy (non-hydrogen) atoms. The van der Waals surface area contributed by atoms with Gasteiger partial charge < -0.3 is 34.3 Å². The molecule has 0 aromatic rings. The third-order valence-corrected chi connectivity index (χ3v) is 1.90. The highest BCUT2D eigenvalue weighted by Gasteiger charge is 2.25. The molecule has 8 heteroatoms. The number of methoxy groups -OCH3 is 2. The summed E-state index contributed by atoms with van der Waals surface area (Å²) in [6, 6.07) is 0. The Kier molecular flexibility index (Phi) is 13.8. The Morgan fingerprint density at radius 1 is 1.15 bits per heavy atom. The molecule has 0 atom stereocenters. The number of carboxylic acid groups (broad SMARTS) is 1. The van der Waals surface area contributed by atoms with Gasteiger partial charge >= 0.3 is 11.9 Å². The normalized spacial score (nSPS) is 10.7. The van der Waals surface area contributed by atoms with E-state index < -0.39 is 11.9 Å². The number of hydrogen-bond acceptors (Lipinski definition) is 7. The number of aliphatic hydroxyl groups is 2. The average molecular weight is 296 g/mol. The van der Waals surface area contributed by atoms with Crippen LogP contribution in [0, 0.1) is 0 Å². The summed E-state index contributed by atoms with van der Waals surface area (Å²) < 4.78 is 19.2. The van der Waals surface area contributed by atoms with E-state index in [0.29, 0.717) is 13.2 Å². The highest BCUT2D eigenvalue weighted by molar-refractivity contribution is 5.84. The number of aliphatic hydroxyl groups excluding tert-OH is 1. The lowest BCUT2D eigenvalue weighted by Crippen LogP contribution is -2.39. The highest BCUT2D eigenvalue weighted by Crippen LogP contribution is 2.05. The van der Waals surface area contributed by atoms with Crippen LogP contribution in [0.25, 0.3) is 0 Å². The van der Waals surface area contributed by atoms with Gasteiger partial charge in [0.25, 0.3) is 0 Å². The molecule has 0 amide bonds. The Bertz CT molecular complexity index is 250. The molecule has 0 aliphatic heterocycles. The molecule has 0 spiro atoms. The first-order valence-electron chi connectivity index (χ1n) is 5.80. The second-order valence-corrected chi connectivity index (χ2v) is 3.59. The molecule has 0 bridgehead atoms. The van der Waals surface area contributed by atoms with Crippen LogP contribution < -0.4 is 0 Å². The van der Waals surface area contributed by atoms with Gasteiger partial charge in [0.2, 0.25) is 0 Å². The summed E-state index contributed by atoms with van der Waals surface area (Å²) in [5.41, 5.74) is 0.176. The van der Waals surface area contributed by atoms with Gasteiger partial charge in [0, 0.05) is 19.8 Å². The Hall–Kier alpha value is -1.03. The first kappa shape index (κ1) is 21.3. The summed E-state index contributed by atoms with van der Waals surface area (Å²) in [6.45, 7) is 5.43. The lowest BCUT2D eigenvalue weighted by atomic mass is 10.4. The van der Waals surface area contributed by atoms with E-state index in [4.69, 9.17) is 19.7 Å². The fourth-order valence-electron chi connectivity index (χ4n) is 0.687. The van der Waals surface area contributed by atoms with Gasteiger partial charge in [0.1, 0.15) is 6.61 Å². The minimum absolute atomic E-state index is 0.0138. The lowest BCUT2D eigenvalue weighted by Gasteiger charge is -2.23. The maximum absolute atomic E-state index is 9.60. The molecule has 0 fully saturated rings. The van der Waals surface area contributed by atoms with Crippen molar-refractivity contribution in [3.05, 3.63) is 12.2 Å². The van der Waals surface area contributed by atoms with E-state index in [1.165, 1.54) is 21.1 Å². The van der Waals surface area contributed by atoms with Crippen molar-refractivity contribution >= 4 is 5.97 Å². The second-order valence-electron chi connectivity index (χ2n) is 3.59. The fourth-order valence-corrected chi connectivity index (χ4v) is 0.687. The monoisotopic (exact) mass is 296 g/mol. The van der Waals surface area contributed by atoms with Crippen LogP contribution in [0.1, 0.15) is 6.92 Å². The van der Waals surface area contributed by atoms with E-state index in [-0.39, 0.29) is 25.4 Å². The van der Waals surface area contributed by atoms with E-state index >= 15 is 0 Å². The van der Waals surface area contributed by atoms with Gasteiger partial charge in [-0.3, -0.25) is 0 Å². The van der Waals surface area contributed by atoms with Crippen molar-refractivity contribution in [2.75, 3.05) is 47.3 Å². The third-order valence-electron chi connectivity index (χ3n) is 1.90. The Morgan fingerprint density at radius 3 is 1.95 bits per heavy atom. The van der Waals surface area contributed by atoms with Crippen molar-refractivity contribution in [3.8, 4) is 0 Å². The summed E-state index contributed by atoms with van der Waals surface area (Å²) >= 11 is 0. The van der Waals surface area contributed by atoms with Gasteiger partial charge in [-0.2, -0.15) is 0 Å². The Balaban J connectivity index is 0. The summed E-state index contributed by atoms with van der Waals surface area (Å²) in [4.78, 5) is 9.60. The maximum Gasteiger partial charge on any atom is 0.330 e. The van der Waals surface area contributed by atoms with Crippen LogP contribution in [0.3, 0.4) is 0 Å². The molecule has 0 aromatic heterocycles. The molecule has 0 radical (unpaired) electrons. The Morgan fingerprint density at radius 2 is 1.60 bits per heavy atom. The molecule has 3 N–H and O–H groups in total. The Labute approximate surface area is 118 Å². The number of carbonyl (C=O) groups is 1. The van der Waals surface area contributed by atoms with Gasteiger partial charge in [-0.15, -0.1) is 0 Å². The predicted molar refractivity (Wildman–Crippen MR) is 70.1 cm³/mol. The molecular weight excluding hydrogens is 272 g/mol. The molecular formula is C12H24O8.